The molecule has 3 nitrogen and oxygen atoms in total. The average Bonchev–Trinajstić information content (AvgIpc) is 3.14. The van der Waals surface area contributed by atoms with Gasteiger partial charge in [0.1, 0.15) is 11.8 Å². The molecule has 1 aromatic heterocycles. The number of benzene rings is 2. The van der Waals surface area contributed by atoms with E-state index in [9.17, 15) is 4.79 Å². The van der Waals surface area contributed by atoms with Gasteiger partial charge in [0.05, 0.1) is 6.26 Å². The summed E-state index contributed by atoms with van der Waals surface area (Å²) in [5.74, 6) is 0.755. The largest absolute Gasteiger partial charge is 0.467 e. The molecule has 3 aromatic rings. The van der Waals surface area contributed by atoms with Gasteiger partial charge in [-0.3, -0.25) is 4.79 Å². The minimum absolute atomic E-state index is 0.0147. The Balaban J connectivity index is 1.66. The van der Waals surface area contributed by atoms with Gasteiger partial charge in [-0.15, -0.1) is 0 Å². The Morgan fingerprint density at radius 3 is 2.42 bits per heavy atom. The molecule has 2 aromatic carbocycles. The lowest BCUT2D eigenvalue weighted by atomic mass is 10.0. The fourth-order valence-corrected chi connectivity index (χ4v) is 2.67. The van der Waals surface area contributed by atoms with Crippen LogP contribution >= 0.6 is 0 Å². The Morgan fingerprint density at radius 2 is 1.75 bits per heavy atom. The predicted octanol–water partition coefficient (Wildman–Crippen LogP) is 4.43. The molecule has 1 unspecified atom stereocenters. The van der Waals surface area contributed by atoms with Gasteiger partial charge in [-0.05, 0) is 36.6 Å². The zero-order valence-corrected chi connectivity index (χ0v) is 13.7. The predicted molar refractivity (Wildman–Crippen MR) is 94.6 cm³/mol. The fraction of sp³-hybridized carbons (Fsp3) is 0.190. The van der Waals surface area contributed by atoms with Crippen molar-refractivity contribution in [3.05, 3.63) is 95.4 Å². The number of carbonyl (C=O) groups excluding carboxylic acids is 1. The number of amides is 1. The molecule has 1 heterocycles. The van der Waals surface area contributed by atoms with E-state index in [1.54, 1.807) is 6.26 Å². The average molecular weight is 319 g/mol. The summed E-state index contributed by atoms with van der Waals surface area (Å²) >= 11 is 0. The first-order chi connectivity index (χ1) is 11.7. The maximum absolute atomic E-state index is 12.4. The van der Waals surface area contributed by atoms with E-state index in [0.29, 0.717) is 6.42 Å². The van der Waals surface area contributed by atoms with Crippen molar-refractivity contribution in [2.45, 2.75) is 25.8 Å². The molecule has 0 radical (unpaired) electrons. The lowest BCUT2D eigenvalue weighted by Gasteiger charge is -2.17. The van der Waals surface area contributed by atoms with E-state index in [1.807, 2.05) is 42.5 Å². The van der Waals surface area contributed by atoms with Gasteiger partial charge in [0, 0.05) is 6.42 Å². The van der Waals surface area contributed by atoms with Gasteiger partial charge in [0.2, 0.25) is 5.91 Å². The van der Waals surface area contributed by atoms with Crippen LogP contribution < -0.4 is 5.32 Å². The Morgan fingerprint density at radius 1 is 1.00 bits per heavy atom. The van der Waals surface area contributed by atoms with Crippen LogP contribution in [0.4, 0.5) is 0 Å². The summed E-state index contributed by atoms with van der Waals surface area (Å²) in [6.07, 6.45) is 2.81. The third-order valence-electron chi connectivity index (χ3n) is 4.03. The molecule has 0 spiro atoms. The summed E-state index contributed by atoms with van der Waals surface area (Å²) in [6.45, 7) is 2.06. The molecule has 0 aliphatic carbocycles. The molecule has 1 N–H and O–H groups in total. The number of furan rings is 1. The molecule has 1 atom stereocenters. The molecule has 0 saturated heterocycles. The van der Waals surface area contributed by atoms with Gasteiger partial charge in [-0.2, -0.15) is 0 Å². The molecule has 24 heavy (non-hydrogen) atoms. The smallest absolute Gasteiger partial charge is 0.221 e. The molecular weight excluding hydrogens is 298 g/mol. The van der Waals surface area contributed by atoms with Gasteiger partial charge in [0.15, 0.2) is 0 Å². The van der Waals surface area contributed by atoms with Crippen LogP contribution in [0.5, 0.6) is 0 Å². The van der Waals surface area contributed by atoms with Gasteiger partial charge in [-0.1, -0.05) is 60.2 Å². The Hall–Kier alpha value is -2.81. The van der Waals surface area contributed by atoms with Gasteiger partial charge in [0.25, 0.3) is 0 Å². The maximum Gasteiger partial charge on any atom is 0.221 e. The number of aryl methyl sites for hydroxylation is 2. The molecule has 1 amide bonds. The first-order valence-electron chi connectivity index (χ1n) is 8.15. The van der Waals surface area contributed by atoms with Gasteiger partial charge in [-0.25, -0.2) is 0 Å². The van der Waals surface area contributed by atoms with E-state index < -0.39 is 0 Å². The van der Waals surface area contributed by atoms with E-state index >= 15 is 0 Å². The molecule has 3 heteroatoms. The molecule has 3 rings (SSSR count). The monoisotopic (exact) mass is 319 g/mol. The van der Waals surface area contributed by atoms with Crippen LogP contribution in [0.25, 0.3) is 0 Å². The van der Waals surface area contributed by atoms with Crippen LogP contribution in [0.15, 0.2) is 77.4 Å². The summed E-state index contributed by atoms with van der Waals surface area (Å²) in [7, 11) is 0. The zero-order chi connectivity index (χ0) is 16.8. The van der Waals surface area contributed by atoms with Crippen LogP contribution in [-0.2, 0) is 11.2 Å². The highest BCUT2D eigenvalue weighted by atomic mass is 16.3. The molecule has 0 saturated carbocycles. The van der Waals surface area contributed by atoms with Crippen molar-refractivity contribution >= 4 is 5.91 Å². The van der Waals surface area contributed by atoms with Crippen LogP contribution in [0, 0.1) is 6.92 Å². The standard InChI is InChI=1S/C21H21NO2/c1-16-9-11-17(12-10-16)13-14-20(23)22-21(19-8-5-15-24-19)18-6-3-2-4-7-18/h2-12,15,21H,13-14H2,1H3,(H,22,23). The van der Waals surface area contributed by atoms with Crippen molar-refractivity contribution in [3.8, 4) is 0 Å². The SMILES string of the molecule is Cc1ccc(CCC(=O)NC(c2ccccc2)c2ccco2)cc1. The van der Waals surface area contributed by atoms with Crippen molar-refractivity contribution in [2.75, 3.05) is 0 Å². The van der Waals surface area contributed by atoms with E-state index in [0.717, 1.165) is 17.7 Å². The van der Waals surface area contributed by atoms with Crippen LogP contribution in [0.1, 0.15) is 34.9 Å². The van der Waals surface area contributed by atoms with Crippen molar-refractivity contribution in [1.82, 2.24) is 5.32 Å². The summed E-state index contributed by atoms with van der Waals surface area (Å²) in [6, 6.07) is 21.6. The molecule has 0 aliphatic rings. The number of carbonyl (C=O) groups is 1. The van der Waals surface area contributed by atoms with Crippen LogP contribution in [-0.4, -0.2) is 5.91 Å². The zero-order valence-electron chi connectivity index (χ0n) is 13.7. The molecule has 0 fully saturated rings. The molecular formula is C21H21NO2. The number of hydrogen-bond donors (Lipinski definition) is 1. The van der Waals surface area contributed by atoms with Crippen molar-refractivity contribution in [2.24, 2.45) is 0 Å². The molecule has 122 valence electrons. The summed E-state index contributed by atoms with van der Waals surface area (Å²) < 4.78 is 5.51. The Labute approximate surface area is 142 Å². The Bertz CT molecular complexity index is 761. The first-order valence-corrected chi connectivity index (χ1v) is 8.15. The van der Waals surface area contributed by atoms with Gasteiger partial charge < -0.3 is 9.73 Å². The highest BCUT2D eigenvalue weighted by molar-refractivity contribution is 5.77. The number of hydrogen-bond acceptors (Lipinski definition) is 2. The van der Waals surface area contributed by atoms with Crippen molar-refractivity contribution < 1.29 is 9.21 Å². The summed E-state index contributed by atoms with van der Waals surface area (Å²) in [5, 5.41) is 3.08. The molecule has 0 bridgehead atoms. The second kappa shape index (κ2) is 7.64. The van der Waals surface area contributed by atoms with Crippen LogP contribution in [0.2, 0.25) is 0 Å². The first kappa shape index (κ1) is 16.1. The highest BCUT2D eigenvalue weighted by Gasteiger charge is 2.18. The second-order valence-corrected chi connectivity index (χ2v) is 5.91. The third kappa shape index (κ3) is 4.13. The summed E-state index contributed by atoms with van der Waals surface area (Å²) in [4.78, 5) is 12.4. The highest BCUT2D eigenvalue weighted by Crippen LogP contribution is 2.22. The lowest BCUT2D eigenvalue weighted by Crippen LogP contribution is -2.29. The van der Waals surface area contributed by atoms with E-state index in [2.05, 4.69) is 36.5 Å². The number of nitrogens with one attached hydrogen (secondary N) is 1. The van der Waals surface area contributed by atoms with E-state index in [-0.39, 0.29) is 11.9 Å². The summed E-state index contributed by atoms with van der Waals surface area (Å²) in [5.41, 5.74) is 3.41. The maximum atomic E-state index is 12.4. The number of rotatable bonds is 6. The fourth-order valence-electron chi connectivity index (χ4n) is 2.67. The third-order valence-corrected chi connectivity index (χ3v) is 4.03. The van der Waals surface area contributed by atoms with Crippen LogP contribution in [0.3, 0.4) is 0 Å². The molecule has 0 aliphatic heterocycles. The second-order valence-electron chi connectivity index (χ2n) is 5.91. The van der Waals surface area contributed by atoms with E-state index in [1.165, 1.54) is 11.1 Å². The Kier molecular flexibility index (Phi) is 5.12. The lowest BCUT2D eigenvalue weighted by molar-refractivity contribution is -0.121. The normalized spacial score (nSPS) is 11.9. The minimum atomic E-state index is -0.258. The quantitative estimate of drug-likeness (QED) is 0.730. The topological polar surface area (TPSA) is 42.2 Å². The van der Waals surface area contributed by atoms with Crippen molar-refractivity contribution in [3.63, 3.8) is 0 Å². The van der Waals surface area contributed by atoms with Crippen molar-refractivity contribution in [1.29, 1.82) is 0 Å². The van der Waals surface area contributed by atoms with Gasteiger partial charge >= 0.3 is 0 Å². The minimum Gasteiger partial charge on any atom is -0.467 e. The van der Waals surface area contributed by atoms with E-state index in [4.69, 9.17) is 4.42 Å².